The van der Waals surface area contributed by atoms with Crippen molar-refractivity contribution < 1.29 is 0 Å². The molecule has 1 aliphatic rings. The van der Waals surface area contributed by atoms with E-state index in [4.69, 9.17) is 0 Å². The van der Waals surface area contributed by atoms with Gasteiger partial charge in [0.25, 0.3) is 0 Å². The second-order valence-electron chi connectivity index (χ2n) is 5.33. The van der Waals surface area contributed by atoms with Crippen LogP contribution in [0.4, 0.5) is 5.95 Å². The summed E-state index contributed by atoms with van der Waals surface area (Å²) >= 11 is 0. The van der Waals surface area contributed by atoms with Crippen molar-refractivity contribution in [3.63, 3.8) is 0 Å². The van der Waals surface area contributed by atoms with E-state index in [2.05, 4.69) is 40.0 Å². The molecule has 0 atom stereocenters. The minimum absolute atomic E-state index is 0.771. The van der Waals surface area contributed by atoms with E-state index in [1.165, 1.54) is 0 Å². The van der Waals surface area contributed by atoms with Crippen molar-refractivity contribution in [2.45, 2.75) is 6.54 Å². The fourth-order valence-electron chi connectivity index (χ4n) is 2.64. The Balaban J connectivity index is 1.34. The number of H-pyrrole nitrogens is 1. The Morgan fingerprint density at radius 2 is 2.00 bits per heavy atom. The SMILES string of the molecule is c1ncn(CCN2CCN(c3ncc4cn[nH]c4n3)CC2)n1. The molecule has 1 fully saturated rings. The Hall–Kier alpha value is -2.55. The van der Waals surface area contributed by atoms with Crippen LogP contribution in [0.25, 0.3) is 11.0 Å². The van der Waals surface area contributed by atoms with Crippen molar-refractivity contribution in [3.05, 3.63) is 25.0 Å². The molecule has 1 aliphatic heterocycles. The van der Waals surface area contributed by atoms with Gasteiger partial charge in [0.05, 0.1) is 18.1 Å². The monoisotopic (exact) mass is 299 g/mol. The molecule has 4 heterocycles. The standard InChI is InChI=1S/C13H17N9/c1-4-21(13-15-7-11-8-16-19-12(11)18-13)5-2-20(1)3-6-22-10-14-9-17-22/h7-10H,1-6H2,(H,15,16,18,19). The van der Waals surface area contributed by atoms with Gasteiger partial charge in [-0.1, -0.05) is 0 Å². The summed E-state index contributed by atoms with van der Waals surface area (Å²) < 4.78 is 1.86. The van der Waals surface area contributed by atoms with Crippen LogP contribution in [0, 0.1) is 0 Å². The number of hydrogen-bond acceptors (Lipinski definition) is 7. The molecule has 9 heteroatoms. The number of nitrogens with one attached hydrogen (secondary N) is 1. The minimum atomic E-state index is 0.771. The topological polar surface area (TPSA) is 91.7 Å². The first-order valence-electron chi connectivity index (χ1n) is 7.34. The second-order valence-corrected chi connectivity index (χ2v) is 5.33. The molecule has 4 rings (SSSR count). The molecule has 114 valence electrons. The first-order chi connectivity index (χ1) is 10.9. The highest BCUT2D eigenvalue weighted by Gasteiger charge is 2.19. The Morgan fingerprint density at radius 3 is 2.82 bits per heavy atom. The summed E-state index contributed by atoms with van der Waals surface area (Å²) in [4.78, 5) is 17.6. The molecule has 0 radical (unpaired) electrons. The second kappa shape index (κ2) is 5.68. The summed E-state index contributed by atoms with van der Waals surface area (Å²) in [5.74, 6) is 0.771. The number of rotatable bonds is 4. The zero-order valence-corrected chi connectivity index (χ0v) is 12.1. The number of nitrogens with zero attached hydrogens (tertiary/aromatic N) is 8. The van der Waals surface area contributed by atoms with Gasteiger partial charge < -0.3 is 4.90 Å². The average Bonchev–Trinajstić information content (AvgIpc) is 3.24. The molecule has 9 nitrogen and oxygen atoms in total. The van der Waals surface area contributed by atoms with Crippen molar-refractivity contribution >= 4 is 17.0 Å². The third-order valence-corrected chi connectivity index (χ3v) is 3.95. The van der Waals surface area contributed by atoms with E-state index in [0.29, 0.717) is 0 Å². The Kier molecular flexibility index (Phi) is 3.39. The van der Waals surface area contributed by atoms with Gasteiger partial charge >= 0.3 is 0 Å². The number of piperazine rings is 1. The van der Waals surface area contributed by atoms with E-state index in [9.17, 15) is 0 Å². The van der Waals surface area contributed by atoms with Gasteiger partial charge in [0.1, 0.15) is 12.7 Å². The van der Waals surface area contributed by atoms with Gasteiger partial charge in [-0.15, -0.1) is 0 Å². The lowest BCUT2D eigenvalue weighted by Crippen LogP contribution is -2.47. The predicted octanol–water partition coefficient (Wildman–Crippen LogP) is -0.233. The number of anilines is 1. The molecule has 0 amide bonds. The normalized spacial score (nSPS) is 16.5. The Morgan fingerprint density at radius 1 is 1.09 bits per heavy atom. The van der Waals surface area contributed by atoms with Gasteiger partial charge in [-0.3, -0.25) is 14.7 Å². The summed E-state index contributed by atoms with van der Waals surface area (Å²) in [5, 5.41) is 11.9. The van der Waals surface area contributed by atoms with Crippen molar-refractivity contribution in [2.75, 3.05) is 37.6 Å². The van der Waals surface area contributed by atoms with Crippen LogP contribution in [-0.4, -0.2) is 72.6 Å². The molecule has 0 aromatic carbocycles. The fraction of sp³-hybridized carbons (Fsp3) is 0.462. The van der Waals surface area contributed by atoms with Crippen molar-refractivity contribution in [3.8, 4) is 0 Å². The van der Waals surface area contributed by atoms with E-state index in [1.54, 1.807) is 18.9 Å². The molecule has 0 unspecified atom stereocenters. The number of hydrogen-bond donors (Lipinski definition) is 1. The highest BCUT2D eigenvalue weighted by Crippen LogP contribution is 2.14. The summed E-state index contributed by atoms with van der Waals surface area (Å²) in [5.41, 5.74) is 0.790. The van der Waals surface area contributed by atoms with Gasteiger partial charge in [-0.25, -0.2) is 9.97 Å². The number of fused-ring (bicyclic) bond motifs is 1. The van der Waals surface area contributed by atoms with E-state index >= 15 is 0 Å². The first-order valence-corrected chi connectivity index (χ1v) is 7.34. The maximum Gasteiger partial charge on any atom is 0.227 e. The van der Waals surface area contributed by atoms with Crippen molar-refractivity contribution in [2.24, 2.45) is 0 Å². The maximum atomic E-state index is 4.53. The van der Waals surface area contributed by atoms with Gasteiger partial charge in [0.15, 0.2) is 5.65 Å². The largest absolute Gasteiger partial charge is 0.338 e. The van der Waals surface area contributed by atoms with Gasteiger partial charge in [0.2, 0.25) is 5.95 Å². The minimum Gasteiger partial charge on any atom is -0.338 e. The summed E-state index contributed by atoms with van der Waals surface area (Å²) in [6, 6.07) is 0. The number of aromatic nitrogens is 7. The summed E-state index contributed by atoms with van der Waals surface area (Å²) in [6.45, 7) is 5.71. The first kappa shape index (κ1) is 13.1. The molecule has 22 heavy (non-hydrogen) atoms. The van der Waals surface area contributed by atoms with E-state index in [-0.39, 0.29) is 0 Å². The smallest absolute Gasteiger partial charge is 0.227 e. The molecule has 0 bridgehead atoms. The zero-order chi connectivity index (χ0) is 14.8. The average molecular weight is 299 g/mol. The van der Waals surface area contributed by atoms with Crippen LogP contribution >= 0.6 is 0 Å². The number of aromatic amines is 1. The summed E-state index contributed by atoms with van der Waals surface area (Å²) in [7, 11) is 0. The molecule has 0 spiro atoms. The lowest BCUT2D eigenvalue weighted by atomic mass is 10.3. The lowest BCUT2D eigenvalue weighted by molar-refractivity contribution is 0.243. The highest BCUT2D eigenvalue weighted by molar-refractivity contribution is 5.73. The molecule has 0 saturated carbocycles. The van der Waals surface area contributed by atoms with Crippen LogP contribution in [0.2, 0.25) is 0 Å². The molecule has 0 aliphatic carbocycles. The zero-order valence-electron chi connectivity index (χ0n) is 12.1. The molecular formula is C13H17N9. The van der Waals surface area contributed by atoms with Gasteiger partial charge in [-0.2, -0.15) is 15.2 Å². The Bertz CT molecular complexity index is 727. The molecular weight excluding hydrogens is 282 g/mol. The predicted molar refractivity (Wildman–Crippen MR) is 80.4 cm³/mol. The van der Waals surface area contributed by atoms with Crippen LogP contribution in [0.1, 0.15) is 0 Å². The van der Waals surface area contributed by atoms with E-state index < -0.39 is 0 Å². The van der Waals surface area contributed by atoms with E-state index in [0.717, 1.165) is 56.3 Å². The summed E-state index contributed by atoms with van der Waals surface area (Å²) in [6.07, 6.45) is 6.88. The quantitative estimate of drug-likeness (QED) is 0.711. The van der Waals surface area contributed by atoms with Crippen LogP contribution in [0.15, 0.2) is 25.0 Å². The lowest BCUT2D eigenvalue weighted by Gasteiger charge is -2.34. The molecule has 1 saturated heterocycles. The van der Waals surface area contributed by atoms with E-state index in [1.807, 2.05) is 10.9 Å². The third-order valence-electron chi connectivity index (χ3n) is 3.95. The van der Waals surface area contributed by atoms with Crippen LogP contribution < -0.4 is 4.90 Å². The maximum absolute atomic E-state index is 4.53. The van der Waals surface area contributed by atoms with Crippen molar-refractivity contribution in [1.29, 1.82) is 0 Å². The molecule has 3 aromatic rings. The Labute approximate surface area is 127 Å². The van der Waals surface area contributed by atoms with Crippen molar-refractivity contribution in [1.82, 2.24) is 39.8 Å². The van der Waals surface area contributed by atoms with Crippen LogP contribution in [0.3, 0.4) is 0 Å². The highest BCUT2D eigenvalue weighted by atomic mass is 15.4. The van der Waals surface area contributed by atoms with Crippen LogP contribution in [0.5, 0.6) is 0 Å². The molecule has 1 N–H and O–H groups in total. The molecule has 3 aromatic heterocycles. The van der Waals surface area contributed by atoms with Crippen LogP contribution in [-0.2, 0) is 6.54 Å². The van der Waals surface area contributed by atoms with Gasteiger partial charge in [0, 0.05) is 38.9 Å². The fourth-order valence-corrected chi connectivity index (χ4v) is 2.64. The third kappa shape index (κ3) is 2.62. The van der Waals surface area contributed by atoms with Gasteiger partial charge in [-0.05, 0) is 0 Å².